The lowest BCUT2D eigenvalue weighted by Crippen LogP contribution is -2.60. The number of pyridine rings is 2. The number of aliphatic hydroxyl groups excluding tert-OH is 2. The number of carbonyl (C=O) groups excluding carboxylic acids is 2. The van der Waals surface area contributed by atoms with E-state index in [9.17, 15) is 30.0 Å². The van der Waals surface area contributed by atoms with Crippen molar-refractivity contribution < 1.29 is 53.7 Å². The van der Waals surface area contributed by atoms with E-state index in [1.54, 1.807) is 59.0 Å². The van der Waals surface area contributed by atoms with E-state index in [4.69, 9.17) is 23.7 Å². The summed E-state index contributed by atoms with van der Waals surface area (Å²) in [5, 5.41) is 49.8. The van der Waals surface area contributed by atoms with Crippen LogP contribution in [0.15, 0.2) is 60.9 Å². The zero-order valence-corrected chi connectivity index (χ0v) is 39.7. The van der Waals surface area contributed by atoms with Crippen molar-refractivity contribution >= 4 is 22.8 Å². The monoisotopic (exact) mass is 895 g/mol. The fraction of sp³-hybridized carbons (Fsp3) is 0.673. The van der Waals surface area contributed by atoms with Crippen molar-refractivity contribution in [2.45, 2.75) is 154 Å². The molecule has 2 fully saturated rings. The van der Waals surface area contributed by atoms with Crippen molar-refractivity contribution in [3.63, 3.8) is 0 Å². The lowest BCUT2D eigenvalue weighted by Gasteiger charge is -2.48. The standard InChI is InChI=1S/C49H74N4O11/c1-12-39-49(8,59)44(56)31(4)42(60-22-21-53(11)28-34-24-35-17-13-14-19-37(35)51-27-34)29(2)26-48(7,58)45(64-47-41(55)38(52(9)10)23-30(3)61-47)32(5)43(33(6)46(57)62-39)63-40(54)25-36-18-15-16-20-50-36/h13-20,24,27,29-33,38-39,41-45,47,55-56,58-59H,12,21-23,25-26,28H2,1-11H3. The van der Waals surface area contributed by atoms with E-state index in [1.807, 2.05) is 70.4 Å². The number of para-hydroxylation sites is 1. The Morgan fingerprint density at radius 1 is 0.953 bits per heavy atom. The molecule has 0 saturated carbocycles. The molecule has 15 unspecified atom stereocenters. The van der Waals surface area contributed by atoms with Gasteiger partial charge < -0.3 is 49.0 Å². The summed E-state index contributed by atoms with van der Waals surface area (Å²) in [5.41, 5.74) is -1.27. The molecule has 2 saturated heterocycles. The molecule has 0 spiro atoms. The van der Waals surface area contributed by atoms with Gasteiger partial charge in [0, 0.05) is 48.7 Å². The number of likely N-dealkylation sites (N-methyl/N-ethyl adjacent to an activating group) is 2. The minimum atomic E-state index is -1.94. The van der Waals surface area contributed by atoms with Gasteiger partial charge in [0.15, 0.2) is 6.29 Å². The van der Waals surface area contributed by atoms with Crippen LogP contribution in [0.25, 0.3) is 10.9 Å². The topological polar surface area (TPSA) is 193 Å². The van der Waals surface area contributed by atoms with Gasteiger partial charge in [-0.1, -0.05) is 52.0 Å². The minimum Gasteiger partial charge on any atom is -0.461 e. The molecule has 4 N–H and O–H groups in total. The van der Waals surface area contributed by atoms with Crippen LogP contribution in [-0.2, 0) is 46.2 Å². The molecular weight excluding hydrogens is 821 g/mol. The van der Waals surface area contributed by atoms with E-state index in [2.05, 4.69) is 20.9 Å². The first-order chi connectivity index (χ1) is 30.1. The first kappa shape index (κ1) is 51.3. The highest BCUT2D eigenvalue weighted by Crippen LogP contribution is 2.40. The summed E-state index contributed by atoms with van der Waals surface area (Å²) in [7, 11) is 5.71. The molecule has 4 heterocycles. The maximum atomic E-state index is 14.3. The van der Waals surface area contributed by atoms with Gasteiger partial charge in [0.05, 0.1) is 60.2 Å². The highest BCUT2D eigenvalue weighted by molar-refractivity contribution is 5.78. The van der Waals surface area contributed by atoms with E-state index in [0.29, 0.717) is 25.2 Å². The molecule has 0 aliphatic carbocycles. The number of benzene rings is 1. The van der Waals surface area contributed by atoms with Gasteiger partial charge in [-0.3, -0.25) is 24.5 Å². The third-order valence-corrected chi connectivity index (χ3v) is 13.4. The van der Waals surface area contributed by atoms with Crippen LogP contribution in [0.2, 0.25) is 0 Å². The van der Waals surface area contributed by atoms with Gasteiger partial charge >= 0.3 is 11.9 Å². The highest BCUT2D eigenvalue weighted by Gasteiger charge is 2.52. The number of fused-ring (bicyclic) bond motifs is 1. The lowest BCUT2D eigenvalue weighted by molar-refractivity contribution is -0.300. The Kier molecular flexibility index (Phi) is 17.8. The molecule has 15 heteroatoms. The van der Waals surface area contributed by atoms with E-state index in [-0.39, 0.29) is 38.0 Å². The van der Waals surface area contributed by atoms with Gasteiger partial charge in [-0.15, -0.1) is 0 Å². The van der Waals surface area contributed by atoms with Crippen LogP contribution in [-0.4, -0.2) is 153 Å². The van der Waals surface area contributed by atoms with Crippen molar-refractivity contribution in [1.29, 1.82) is 0 Å². The smallest absolute Gasteiger partial charge is 0.312 e. The second kappa shape index (κ2) is 22.2. The van der Waals surface area contributed by atoms with Crippen molar-refractivity contribution in [2.24, 2.45) is 23.7 Å². The van der Waals surface area contributed by atoms with Crippen molar-refractivity contribution in [3.8, 4) is 0 Å². The number of aromatic nitrogens is 2. The third kappa shape index (κ3) is 12.6. The highest BCUT2D eigenvalue weighted by atomic mass is 16.7. The molecule has 15 atom stereocenters. The van der Waals surface area contributed by atoms with Gasteiger partial charge in [-0.25, -0.2) is 0 Å². The summed E-state index contributed by atoms with van der Waals surface area (Å²) in [6.45, 7) is 15.0. The zero-order valence-electron chi connectivity index (χ0n) is 39.7. The van der Waals surface area contributed by atoms with Crippen LogP contribution in [0.5, 0.6) is 0 Å². The Bertz CT molecular complexity index is 1950. The average molecular weight is 895 g/mol. The van der Waals surface area contributed by atoms with Gasteiger partial charge in [0.2, 0.25) is 0 Å². The summed E-state index contributed by atoms with van der Waals surface area (Å²) in [6, 6.07) is 14.9. The summed E-state index contributed by atoms with van der Waals surface area (Å²) < 4.78 is 31.9. The van der Waals surface area contributed by atoms with Gasteiger partial charge in [0.1, 0.15) is 23.9 Å². The van der Waals surface area contributed by atoms with Crippen LogP contribution in [0.1, 0.15) is 85.9 Å². The Morgan fingerprint density at radius 2 is 1.66 bits per heavy atom. The molecule has 0 bridgehead atoms. The van der Waals surface area contributed by atoms with E-state index < -0.39 is 89.7 Å². The molecule has 0 amide bonds. The maximum Gasteiger partial charge on any atom is 0.312 e. The second-order valence-corrected chi connectivity index (χ2v) is 19.2. The fourth-order valence-corrected chi connectivity index (χ4v) is 9.87. The molecule has 2 aromatic heterocycles. The molecule has 64 heavy (non-hydrogen) atoms. The number of rotatable bonds is 13. The molecule has 3 aromatic rings. The van der Waals surface area contributed by atoms with Crippen LogP contribution in [0, 0.1) is 23.7 Å². The molecule has 0 radical (unpaired) electrons. The number of aliphatic hydroxyl groups is 4. The quantitative estimate of drug-likeness (QED) is 0.175. The number of nitrogens with zero attached hydrogens (tertiary/aromatic N) is 4. The zero-order chi connectivity index (χ0) is 47.1. The van der Waals surface area contributed by atoms with Crippen molar-refractivity contribution in [1.82, 2.24) is 19.8 Å². The van der Waals surface area contributed by atoms with Crippen LogP contribution in [0.4, 0.5) is 0 Å². The summed E-state index contributed by atoms with van der Waals surface area (Å²) in [6.07, 6.45) is -4.46. The van der Waals surface area contributed by atoms with Gasteiger partial charge in [0.25, 0.3) is 0 Å². The van der Waals surface area contributed by atoms with E-state index >= 15 is 0 Å². The summed E-state index contributed by atoms with van der Waals surface area (Å²) in [5.74, 6) is -4.72. The van der Waals surface area contributed by atoms with Crippen molar-refractivity contribution in [2.75, 3.05) is 34.3 Å². The number of ether oxygens (including phenoxy) is 5. The van der Waals surface area contributed by atoms with Crippen LogP contribution >= 0.6 is 0 Å². The number of hydrogen-bond acceptors (Lipinski definition) is 15. The predicted octanol–water partition coefficient (Wildman–Crippen LogP) is 4.55. The molecule has 356 valence electrons. The molecule has 2 aliphatic heterocycles. The number of carbonyl (C=O) groups is 2. The number of esters is 2. The fourth-order valence-electron chi connectivity index (χ4n) is 9.87. The van der Waals surface area contributed by atoms with Gasteiger partial charge in [-0.05, 0) is 104 Å². The van der Waals surface area contributed by atoms with Crippen LogP contribution in [0.3, 0.4) is 0 Å². The molecular formula is C49H74N4O11. The van der Waals surface area contributed by atoms with Gasteiger partial charge in [-0.2, -0.15) is 0 Å². The molecule has 2 aliphatic rings. The first-order valence-corrected chi connectivity index (χ1v) is 22.9. The largest absolute Gasteiger partial charge is 0.461 e. The second-order valence-electron chi connectivity index (χ2n) is 19.2. The first-order valence-electron chi connectivity index (χ1n) is 22.9. The molecule has 5 rings (SSSR count). The van der Waals surface area contributed by atoms with E-state index in [1.165, 1.54) is 6.92 Å². The Labute approximate surface area is 379 Å². The summed E-state index contributed by atoms with van der Waals surface area (Å²) in [4.78, 5) is 40.9. The Morgan fingerprint density at radius 3 is 2.33 bits per heavy atom. The maximum absolute atomic E-state index is 14.3. The molecule has 15 nitrogen and oxygen atoms in total. The molecule has 1 aromatic carbocycles. The Balaban J connectivity index is 1.50. The van der Waals surface area contributed by atoms with E-state index in [0.717, 1.165) is 16.5 Å². The minimum absolute atomic E-state index is 0.0323. The average Bonchev–Trinajstić information content (AvgIpc) is 3.24. The number of hydrogen-bond donors (Lipinski definition) is 4. The normalized spacial score (nSPS) is 35.8. The summed E-state index contributed by atoms with van der Waals surface area (Å²) >= 11 is 0. The third-order valence-electron chi connectivity index (χ3n) is 13.4. The van der Waals surface area contributed by atoms with Crippen LogP contribution < -0.4 is 0 Å². The lowest BCUT2D eigenvalue weighted by atomic mass is 9.73. The Hall–Kier alpha value is -3.64. The van der Waals surface area contributed by atoms with Crippen molar-refractivity contribution in [3.05, 3.63) is 72.2 Å². The predicted molar refractivity (Wildman–Crippen MR) is 242 cm³/mol. The SMILES string of the molecule is CCC1OC(=O)C(C)C(OC(=O)Cc2ccccn2)C(C)C(OC2OC(C)CC(N(C)C)C2O)C(C)(O)CC(C)C(OCCN(C)Cc2cnc3ccccc3c2)C(C)C(O)C1(C)O. The number of cyclic esters (lactones) is 1.